The number of non-ortho nitro benzene ring substituents is 1. The predicted octanol–water partition coefficient (Wildman–Crippen LogP) is 4.41. The summed E-state index contributed by atoms with van der Waals surface area (Å²) in [5, 5.41) is 10.9. The lowest BCUT2D eigenvalue weighted by Crippen LogP contribution is -2.29. The standard InChI is InChI=1S/C22H20N2O6S/c1-29-19-9-5-8-17(14-19)21-15-22(16-6-3-2-4-7-16)30-24(21)31(27,28)20-12-10-18(11-13-20)23(25)26/h2-14,21-22H,15H2,1H3/t21-,22+/m1/s1. The number of hydrogen-bond acceptors (Lipinski definition) is 6. The predicted molar refractivity (Wildman–Crippen MR) is 113 cm³/mol. The van der Waals surface area contributed by atoms with Crippen LogP contribution in [0, 0.1) is 10.1 Å². The molecule has 1 saturated heterocycles. The molecule has 0 bridgehead atoms. The van der Waals surface area contributed by atoms with Gasteiger partial charge in [-0.1, -0.05) is 46.9 Å². The van der Waals surface area contributed by atoms with E-state index in [1.165, 1.54) is 12.1 Å². The number of methoxy groups -OCH3 is 1. The number of rotatable bonds is 6. The first-order chi connectivity index (χ1) is 14.9. The average Bonchev–Trinajstić information content (AvgIpc) is 3.26. The third-order valence-corrected chi connectivity index (χ3v) is 6.84. The van der Waals surface area contributed by atoms with Gasteiger partial charge < -0.3 is 4.74 Å². The van der Waals surface area contributed by atoms with Crippen molar-refractivity contribution in [2.45, 2.75) is 23.5 Å². The number of benzene rings is 3. The molecule has 0 unspecified atom stereocenters. The van der Waals surface area contributed by atoms with E-state index in [4.69, 9.17) is 9.57 Å². The monoisotopic (exact) mass is 440 g/mol. The van der Waals surface area contributed by atoms with Crippen molar-refractivity contribution >= 4 is 15.7 Å². The topological polar surface area (TPSA) is 99.0 Å². The van der Waals surface area contributed by atoms with E-state index in [1.54, 1.807) is 25.3 Å². The average molecular weight is 440 g/mol. The summed E-state index contributed by atoms with van der Waals surface area (Å²) in [6.45, 7) is 0. The minimum absolute atomic E-state index is 0.0836. The number of hydrogen-bond donors (Lipinski definition) is 0. The van der Waals surface area contributed by atoms with Crippen molar-refractivity contribution in [3.63, 3.8) is 0 Å². The third kappa shape index (κ3) is 4.15. The van der Waals surface area contributed by atoms with Crippen LogP contribution in [0.1, 0.15) is 29.7 Å². The molecule has 3 aromatic rings. The summed E-state index contributed by atoms with van der Waals surface area (Å²) in [6.07, 6.45) is -0.0612. The van der Waals surface area contributed by atoms with Gasteiger partial charge in [0.05, 0.1) is 23.0 Å². The van der Waals surface area contributed by atoms with Crippen LogP contribution in [-0.2, 0) is 14.9 Å². The van der Waals surface area contributed by atoms with Crippen LogP contribution in [-0.4, -0.2) is 24.9 Å². The van der Waals surface area contributed by atoms with Crippen molar-refractivity contribution in [3.05, 3.63) is 100 Å². The molecule has 1 aliphatic rings. The highest BCUT2D eigenvalue weighted by Gasteiger charge is 2.43. The Balaban J connectivity index is 1.74. The van der Waals surface area contributed by atoms with Gasteiger partial charge in [-0.25, -0.2) is 8.42 Å². The zero-order valence-corrected chi connectivity index (χ0v) is 17.4. The van der Waals surface area contributed by atoms with Gasteiger partial charge in [-0.05, 0) is 35.4 Å². The molecule has 0 aromatic heterocycles. The van der Waals surface area contributed by atoms with Gasteiger partial charge >= 0.3 is 0 Å². The molecule has 2 atom stereocenters. The molecule has 0 radical (unpaired) electrons. The molecule has 4 rings (SSSR count). The maximum atomic E-state index is 13.4. The quantitative estimate of drug-likeness (QED) is 0.416. The molecule has 0 spiro atoms. The first kappa shape index (κ1) is 21.0. The van der Waals surface area contributed by atoms with Gasteiger partial charge in [-0.2, -0.15) is 0 Å². The van der Waals surface area contributed by atoms with Gasteiger partial charge in [0.15, 0.2) is 0 Å². The molecule has 160 valence electrons. The van der Waals surface area contributed by atoms with E-state index in [1.807, 2.05) is 36.4 Å². The highest BCUT2D eigenvalue weighted by atomic mass is 32.2. The van der Waals surface area contributed by atoms with E-state index in [0.717, 1.165) is 27.7 Å². The molecule has 0 saturated carbocycles. The lowest BCUT2D eigenvalue weighted by atomic mass is 9.98. The smallest absolute Gasteiger partial charge is 0.269 e. The van der Waals surface area contributed by atoms with Crippen molar-refractivity contribution in [2.75, 3.05) is 7.11 Å². The van der Waals surface area contributed by atoms with Crippen LogP contribution in [0.15, 0.2) is 83.8 Å². The number of sulfonamides is 1. The second kappa shape index (κ2) is 8.46. The minimum atomic E-state index is -4.09. The fourth-order valence-electron chi connectivity index (χ4n) is 3.57. The zero-order chi connectivity index (χ0) is 22.0. The summed E-state index contributed by atoms with van der Waals surface area (Å²) in [5.74, 6) is 0.605. The first-order valence-corrected chi connectivity index (χ1v) is 11.0. The molecule has 8 nitrogen and oxygen atoms in total. The van der Waals surface area contributed by atoms with E-state index < -0.39 is 27.1 Å². The molecule has 1 heterocycles. The summed E-state index contributed by atoms with van der Waals surface area (Å²) < 4.78 is 33.2. The summed E-state index contributed by atoms with van der Waals surface area (Å²) in [4.78, 5) is 16.2. The van der Waals surface area contributed by atoms with Gasteiger partial charge in [-0.3, -0.25) is 15.0 Å². The molecular weight excluding hydrogens is 420 g/mol. The Hall–Kier alpha value is -3.27. The van der Waals surface area contributed by atoms with Crippen LogP contribution in [0.5, 0.6) is 5.75 Å². The fraction of sp³-hybridized carbons (Fsp3) is 0.182. The van der Waals surface area contributed by atoms with E-state index in [0.29, 0.717) is 12.2 Å². The van der Waals surface area contributed by atoms with Crippen LogP contribution in [0.25, 0.3) is 0 Å². The van der Waals surface area contributed by atoms with Gasteiger partial charge in [0.2, 0.25) is 0 Å². The molecule has 31 heavy (non-hydrogen) atoms. The summed E-state index contributed by atoms with van der Waals surface area (Å²) in [7, 11) is -2.55. The van der Waals surface area contributed by atoms with E-state index in [9.17, 15) is 18.5 Å². The number of ether oxygens (including phenoxy) is 1. The lowest BCUT2D eigenvalue weighted by Gasteiger charge is -2.23. The first-order valence-electron chi connectivity index (χ1n) is 9.54. The SMILES string of the molecule is COc1cccc([C@H]2C[C@@H](c3ccccc3)ON2S(=O)(=O)c2ccc([N+](=O)[O-])cc2)c1. The van der Waals surface area contributed by atoms with Gasteiger partial charge in [0.25, 0.3) is 15.7 Å². The molecule has 9 heteroatoms. The Bertz CT molecular complexity index is 1180. The van der Waals surface area contributed by atoms with Crippen molar-refractivity contribution in [2.24, 2.45) is 0 Å². The van der Waals surface area contributed by atoms with Crippen molar-refractivity contribution < 1.29 is 22.9 Å². The van der Waals surface area contributed by atoms with Gasteiger partial charge in [0.1, 0.15) is 11.9 Å². The number of nitrogens with zero attached hydrogens (tertiary/aromatic N) is 2. The fourth-order valence-corrected chi connectivity index (χ4v) is 5.02. The second-order valence-corrected chi connectivity index (χ2v) is 8.83. The van der Waals surface area contributed by atoms with Crippen LogP contribution in [0.4, 0.5) is 5.69 Å². The normalized spacial score (nSPS) is 19.3. The Morgan fingerprint density at radius 3 is 2.32 bits per heavy atom. The summed E-state index contributed by atoms with van der Waals surface area (Å²) in [6, 6.07) is 20.7. The summed E-state index contributed by atoms with van der Waals surface area (Å²) in [5.41, 5.74) is 1.40. The van der Waals surface area contributed by atoms with Crippen molar-refractivity contribution in [1.29, 1.82) is 0 Å². The third-order valence-electron chi connectivity index (χ3n) is 5.16. The highest BCUT2D eigenvalue weighted by Crippen LogP contribution is 2.45. The Morgan fingerprint density at radius 1 is 1.00 bits per heavy atom. The number of nitro groups is 1. The van der Waals surface area contributed by atoms with Crippen LogP contribution in [0.3, 0.4) is 0 Å². The van der Waals surface area contributed by atoms with Crippen molar-refractivity contribution in [1.82, 2.24) is 4.47 Å². The van der Waals surface area contributed by atoms with Crippen molar-refractivity contribution in [3.8, 4) is 5.75 Å². The number of nitro benzene ring substituents is 1. The van der Waals surface area contributed by atoms with E-state index in [-0.39, 0.29) is 10.6 Å². The molecule has 0 N–H and O–H groups in total. The second-order valence-electron chi connectivity index (χ2n) is 7.04. The van der Waals surface area contributed by atoms with Crippen LogP contribution >= 0.6 is 0 Å². The van der Waals surface area contributed by atoms with Gasteiger partial charge in [-0.15, -0.1) is 0 Å². The van der Waals surface area contributed by atoms with Crippen LogP contribution < -0.4 is 4.74 Å². The maximum absolute atomic E-state index is 13.4. The van der Waals surface area contributed by atoms with Crippen LogP contribution in [0.2, 0.25) is 0 Å². The lowest BCUT2D eigenvalue weighted by molar-refractivity contribution is -0.384. The molecule has 1 aliphatic heterocycles. The Kier molecular flexibility index (Phi) is 5.73. The Morgan fingerprint density at radius 2 is 1.68 bits per heavy atom. The maximum Gasteiger partial charge on any atom is 0.269 e. The Labute approximate surface area is 179 Å². The minimum Gasteiger partial charge on any atom is -0.497 e. The molecule has 1 fully saturated rings. The number of hydroxylamine groups is 1. The highest BCUT2D eigenvalue weighted by molar-refractivity contribution is 7.89. The molecular formula is C22H20N2O6S. The zero-order valence-electron chi connectivity index (χ0n) is 16.6. The largest absolute Gasteiger partial charge is 0.497 e. The van der Waals surface area contributed by atoms with Gasteiger partial charge in [0, 0.05) is 18.6 Å². The molecule has 3 aromatic carbocycles. The molecule has 0 aliphatic carbocycles. The summed E-state index contributed by atoms with van der Waals surface area (Å²) >= 11 is 0. The van der Waals surface area contributed by atoms with E-state index in [2.05, 4.69) is 0 Å². The van der Waals surface area contributed by atoms with E-state index >= 15 is 0 Å². The molecule has 0 amide bonds.